The summed E-state index contributed by atoms with van der Waals surface area (Å²) in [7, 11) is -0.500. The molecule has 8 heteroatoms. The minimum atomic E-state index is -3.62. The lowest BCUT2D eigenvalue weighted by Gasteiger charge is -2.17. The Morgan fingerprint density at radius 2 is 1.71 bits per heavy atom. The number of nitrogens with one attached hydrogen (secondary N) is 1. The number of Topliss-reactive ketones (excluding diaryl/α,β-unsaturated/α-hetero) is 1. The van der Waals surface area contributed by atoms with Crippen LogP contribution in [0.25, 0.3) is 0 Å². The number of anilines is 1. The van der Waals surface area contributed by atoms with Gasteiger partial charge in [0.25, 0.3) is 0 Å². The third-order valence-electron chi connectivity index (χ3n) is 4.74. The van der Waals surface area contributed by atoms with Crippen LogP contribution in [0.15, 0.2) is 82.2 Å². The number of ketones is 1. The molecule has 3 rings (SSSR count). The number of halogens is 1. The first-order chi connectivity index (χ1) is 14.8. The molecule has 0 heterocycles. The smallest absolute Gasteiger partial charge is 0.243 e. The van der Waals surface area contributed by atoms with Crippen molar-refractivity contribution >= 4 is 37.4 Å². The summed E-state index contributed by atoms with van der Waals surface area (Å²) >= 11 is 3.37. The second-order valence-corrected chi connectivity index (χ2v) is 9.80. The van der Waals surface area contributed by atoms with Crippen molar-refractivity contribution in [1.82, 2.24) is 4.31 Å². The van der Waals surface area contributed by atoms with Gasteiger partial charge in [-0.05, 0) is 64.0 Å². The average Bonchev–Trinajstić information content (AvgIpc) is 2.78. The van der Waals surface area contributed by atoms with E-state index in [0.29, 0.717) is 21.5 Å². The Balaban J connectivity index is 1.63. The van der Waals surface area contributed by atoms with Gasteiger partial charge in [-0.15, -0.1) is 0 Å². The zero-order valence-electron chi connectivity index (χ0n) is 17.2. The second kappa shape index (κ2) is 10.1. The minimum Gasteiger partial charge on any atom is -0.496 e. The van der Waals surface area contributed by atoms with Gasteiger partial charge in [0.05, 0.1) is 23.0 Å². The Labute approximate surface area is 191 Å². The molecule has 0 radical (unpaired) electrons. The Hall–Kier alpha value is -2.68. The van der Waals surface area contributed by atoms with E-state index in [0.717, 1.165) is 5.56 Å². The van der Waals surface area contributed by atoms with Crippen molar-refractivity contribution in [3.05, 3.63) is 88.4 Å². The molecule has 0 aliphatic rings. The van der Waals surface area contributed by atoms with Crippen LogP contribution in [-0.4, -0.2) is 39.2 Å². The Morgan fingerprint density at radius 1 is 1.03 bits per heavy atom. The first-order valence-corrected chi connectivity index (χ1v) is 11.8. The van der Waals surface area contributed by atoms with Crippen molar-refractivity contribution in [1.29, 1.82) is 0 Å². The van der Waals surface area contributed by atoms with Gasteiger partial charge in [-0.25, -0.2) is 8.42 Å². The molecular formula is C23H23BrN2O4S. The highest BCUT2D eigenvalue weighted by molar-refractivity contribution is 9.10. The summed E-state index contributed by atoms with van der Waals surface area (Å²) in [6, 6.07) is 20.9. The van der Waals surface area contributed by atoms with Crippen LogP contribution in [0.5, 0.6) is 5.75 Å². The number of sulfonamides is 1. The summed E-state index contributed by atoms with van der Waals surface area (Å²) in [5.41, 5.74) is 2.11. The fourth-order valence-electron chi connectivity index (χ4n) is 2.97. The largest absolute Gasteiger partial charge is 0.496 e. The van der Waals surface area contributed by atoms with Gasteiger partial charge >= 0.3 is 0 Å². The molecule has 0 unspecified atom stereocenters. The highest BCUT2D eigenvalue weighted by Gasteiger charge is 2.20. The van der Waals surface area contributed by atoms with Crippen LogP contribution in [0.4, 0.5) is 5.69 Å². The van der Waals surface area contributed by atoms with Crippen LogP contribution in [0.1, 0.15) is 15.9 Å². The van der Waals surface area contributed by atoms with Crippen molar-refractivity contribution < 1.29 is 17.9 Å². The van der Waals surface area contributed by atoms with Gasteiger partial charge in [0, 0.05) is 24.8 Å². The van der Waals surface area contributed by atoms with Crippen molar-refractivity contribution in [2.24, 2.45) is 0 Å². The number of nitrogens with zero attached hydrogens (tertiary/aromatic N) is 1. The standard InChI is InChI=1S/C23H23BrN2O4S/c1-26(16-17-6-4-3-5-7-17)31(28,29)20-11-9-19(10-12-20)25-15-22(27)18-8-13-23(30-2)21(24)14-18/h3-14,25H,15-16H2,1-2H3. The van der Waals surface area contributed by atoms with E-state index in [1.165, 1.54) is 16.4 Å². The molecule has 0 aliphatic carbocycles. The normalized spacial score (nSPS) is 11.4. The number of rotatable bonds is 9. The zero-order valence-corrected chi connectivity index (χ0v) is 19.6. The number of methoxy groups -OCH3 is 1. The summed E-state index contributed by atoms with van der Waals surface area (Å²) in [5, 5.41) is 3.03. The van der Waals surface area contributed by atoms with E-state index in [9.17, 15) is 13.2 Å². The molecule has 0 bridgehead atoms. The van der Waals surface area contributed by atoms with Crippen LogP contribution in [0.2, 0.25) is 0 Å². The predicted molar refractivity (Wildman–Crippen MR) is 125 cm³/mol. The van der Waals surface area contributed by atoms with Crippen molar-refractivity contribution in [3.63, 3.8) is 0 Å². The molecule has 0 saturated carbocycles. The topological polar surface area (TPSA) is 75.7 Å². The van der Waals surface area contributed by atoms with Gasteiger partial charge in [-0.3, -0.25) is 4.79 Å². The molecule has 0 amide bonds. The van der Waals surface area contributed by atoms with Gasteiger partial charge in [0.15, 0.2) is 5.78 Å². The van der Waals surface area contributed by atoms with E-state index in [-0.39, 0.29) is 23.8 Å². The summed E-state index contributed by atoms with van der Waals surface area (Å²) in [6.45, 7) is 0.369. The molecule has 1 N–H and O–H groups in total. The zero-order chi connectivity index (χ0) is 22.4. The third kappa shape index (κ3) is 5.72. The van der Waals surface area contributed by atoms with Gasteiger partial charge in [0.2, 0.25) is 10.0 Å². The Kier molecular flexibility index (Phi) is 7.48. The van der Waals surface area contributed by atoms with Crippen molar-refractivity contribution in [2.75, 3.05) is 26.0 Å². The number of ether oxygens (including phenoxy) is 1. The molecule has 162 valence electrons. The summed E-state index contributed by atoms with van der Waals surface area (Å²) in [4.78, 5) is 12.6. The second-order valence-electron chi connectivity index (χ2n) is 6.90. The molecule has 31 heavy (non-hydrogen) atoms. The van der Waals surface area contributed by atoms with Crippen LogP contribution in [-0.2, 0) is 16.6 Å². The van der Waals surface area contributed by atoms with E-state index in [1.807, 2.05) is 30.3 Å². The number of hydrogen-bond donors (Lipinski definition) is 1. The lowest BCUT2D eigenvalue weighted by atomic mass is 10.1. The molecule has 6 nitrogen and oxygen atoms in total. The van der Waals surface area contributed by atoms with Crippen LogP contribution < -0.4 is 10.1 Å². The summed E-state index contributed by atoms with van der Waals surface area (Å²) < 4.78 is 32.8. The predicted octanol–water partition coefficient (Wildman–Crippen LogP) is 4.57. The molecule has 0 aromatic heterocycles. The van der Waals surface area contributed by atoms with Crippen LogP contribution in [0.3, 0.4) is 0 Å². The molecular weight excluding hydrogens is 480 g/mol. The lowest BCUT2D eigenvalue weighted by Crippen LogP contribution is -2.26. The fraction of sp³-hybridized carbons (Fsp3) is 0.174. The van der Waals surface area contributed by atoms with Gasteiger partial charge in [-0.2, -0.15) is 4.31 Å². The fourth-order valence-corrected chi connectivity index (χ4v) is 4.67. The van der Waals surface area contributed by atoms with Gasteiger partial charge in [0.1, 0.15) is 5.75 Å². The highest BCUT2D eigenvalue weighted by atomic mass is 79.9. The summed E-state index contributed by atoms with van der Waals surface area (Å²) in [6.07, 6.45) is 0. The monoisotopic (exact) mass is 502 g/mol. The SMILES string of the molecule is COc1ccc(C(=O)CNc2ccc(S(=O)(=O)N(C)Cc3ccccc3)cc2)cc1Br. The molecule has 0 atom stereocenters. The minimum absolute atomic E-state index is 0.0821. The molecule has 3 aromatic carbocycles. The van der Waals surface area contributed by atoms with Crippen molar-refractivity contribution in [2.45, 2.75) is 11.4 Å². The first kappa shape index (κ1) is 23.0. The highest BCUT2D eigenvalue weighted by Crippen LogP contribution is 2.26. The van der Waals surface area contributed by atoms with Gasteiger partial charge in [-0.1, -0.05) is 30.3 Å². The van der Waals surface area contributed by atoms with E-state index in [4.69, 9.17) is 4.74 Å². The number of carbonyl (C=O) groups excluding carboxylic acids is 1. The first-order valence-electron chi connectivity index (χ1n) is 9.52. The quantitative estimate of drug-likeness (QED) is 0.433. The number of benzene rings is 3. The van der Waals surface area contributed by atoms with Crippen molar-refractivity contribution in [3.8, 4) is 5.75 Å². The molecule has 0 aliphatic heterocycles. The maximum atomic E-state index is 12.8. The molecule has 0 fully saturated rings. The van der Waals surface area contributed by atoms with E-state index in [1.54, 1.807) is 44.5 Å². The van der Waals surface area contributed by atoms with E-state index >= 15 is 0 Å². The maximum absolute atomic E-state index is 12.8. The number of carbonyl (C=O) groups is 1. The molecule has 3 aromatic rings. The van der Waals surface area contributed by atoms with Gasteiger partial charge < -0.3 is 10.1 Å². The third-order valence-corrected chi connectivity index (χ3v) is 7.17. The maximum Gasteiger partial charge on any atom is 0.243 e. The average molecular weight is 503 g/mol. The Morgan fingerprint density at radius 3 is 2.32 bits per heavy atom. The Bertz CT molecular complexity index is 1150. The molecule has 0 saturated heterocycles. The van der Waals surface area contributed by atoms with Crippen LogP contribution >= 0.6 is 15.9 Å². The molecule has 0 spiro atoms. The van der Waals surface area contributed by atoms with Crippen LogP contribution in [0, 0.1) is 0 Å². The van der Waals surface area contributed by atoms with E-state index in [2.05, 4.69) is 21.2 Å². The number of hydrogen-bond acceptors (Lipinski definition) is 5. The summed E-state index contributed by atoms with van der Waals surface area (Å²) in [5.74, 6) is 0.557. The van der Waals surface area contributed by atoms with E-state index < -0.39 is 10.0 Å². The lowest BCUT2D eigenvalue weighted by molar-refractivity contribution is 0.101.